The van der Waals surface area contributed by atoms with E-state index in [4.69, 9.17) is 9.84 Å². The summed E-state index contributed by atoms with van der Waals surface area (Å²) in [6.07, 6.45) is 0.222. The lowest BCUT2D eigenvalue weighted by Crippen LogP contribution is -2.58. The Hall–Kier alpha value is -3.35. The van der Waals surface area contributed by atoms with Gasteiger partial charge in [0, 0.05) is 19.0 Å². The first kappa shape index (κ1) is 23.8. The molecule has 1 saturated carbocycles. The zero-order chi connectivity index (χ0) is 24.6. The average Bonchev–Trinajstić information content (AvgIpc) is 3.07. The Balaban J connectivity index is 1.41. The van der Waals surface area contributed by atoms with Crippen LogP contribution >= 0.6 is 0 Å². The smallest absolute Gasteiger partial charge is 0.407 e. The molecule has 0 aliphatic heterocycles. The Bertz CT molecular complexity index is 1050. The first-order chi connectivity index (χ1) is 16.1. The van der Waals surface area contributed by atoms with Crippen LogP contribution in [-0.4, -0.2) is 53.7 Å². The van der Waals surface area contributed by atoms with Gasteiger partial charge in [0.25, 0.3) is 0 Å². The molecule has 7 nitrogen and oxygen atoms in total. The minimum absolute atomic E-state index is 0.0625. The molecule has 2 aliphatic carbocycles. The molecule has 180 valence electrons. The Labute approximate surface area is 200 Å². The average molecular weight is 465 g/mol. The quantitative estimate of drug-likeness (QED) is 0.666. The second-order valence-electron chi connectivity index (χ2n) is 10.4. The summed E-state index contributed by atoms with van der Waals surface area (Å²) in [5.41, 5.74) is 4.00. The summed E-state index contributed by atoms with van der Waals surface area (Å²) in [7, 11) is 1.67. The molecule has 2 N–H and O–H groups in total. The molecule has 1 atom stereocenters. The molecule has 0 spiro atoms. The highest BCUT2D eigenvalue weighted by Crippen LogP contribution is 2.44. The lowest BCUT2D eigenvalue weighted by Gasteiger charge is -2.42. The van der Waals surface area contributed by atoms with Gasteiger partial charge in [-0.05, 0) is 40.5 Å². The van der Waals surface area contributed by atoms with Crippen LogP contribution in [0.3, 0.4) is 0 Å². The number of carboxylic acids is 1. The van der Waals surface area contributed by atoms with Crippen LogP contribution in [0.1, 0.15) is 50.7 Å². The molecule has 2 aromatic rings. The van der Waals surface area contributed by atoms with E-state index in [1.807, 2.05) is 45.0 Å². The van der Waals surface area contributed by atoms with E-state index in [2.05, 4.69) is 29.6 Å². The van der Waals surface area contributed by atoms with Gasteiger partial charge in [-0.2, -0.15) is 0 Å². The summed E-state index contributed by atoms with van der Waals surface area (Å²) in [4.78, 5) is 38.7. The normalized spacial score (nSPS) is 19.9. The first-order valence-electron chi connectivity index (χ1n) is 11.7. The monoisotopic (exact) mass is 464 g/mol. The molecule has 0 bridgehead atoms. The Morgan fingerprint density at radius 2 is 1.56 bits per heavy atom. The number of carboxylic acid groups (broad SMARTS) is 1. The minimum Gasteiger partial charge on any atom is -0.481 e. The Morgan fingerprint density at radius 1 is 1.03 bits per heavy atom. The number of amides is 2. The van der Waals surface area contributed by atoms with E-state index in [1.54, 1.807) is 11.9 Å². The van der Waals surface area contributed by atoms with E-state index in [0.29, 0.717) is 12.8 Å². The van der Waals surface area contributed by atoms with E-state index in [9.17, 15) is 14.4 Å². The molecule has 0 heterocycles. The van der Waals surface area contributed by atoms with E-state index in [1.165, 1.54) is 0 Å². The van der Waals surface area contributed by atoms with Crippen LogP contribution in [0.4, 0.5) is 4.79 Å². The van der Waals surface area contributed by atoms with Gasteiger partial charge in [0.05, 0.1) is 5.92 Å². The van der Waals surface area contributed by atoms with Crippen molar-refractivity contribution in [3.05, 3.63) is 59.7 Å². The maximum absolute atomic E-state index is 13.2. The van der Waals surface area contributed by atoms with Crippen molar-refractivity contribution in [1.82, 2.24) is 10.2 Å². The van der Waals surface area contributed by atoms with Crippen LogP contribution < -0.4 is 5.32 Å². The maximum atomic E-state index is 13.2. The second-order valence-corrected chi connectivity index (χ2v) is 10.4. The predicted octanol–water partition coefficient (Wildman–Crippen LogP) is 4.26. The molecule has 2 aliphatic rings. The lowest BCUT2D eigenvalue weighted by atomic mass is 9.78. The van der Waals surface area contributed by atoms with Gasteiger partial charge >= 0.3 is 12.1 Å². The number of nitrogens with zero attached hydrogens (tertiary/aromatic N) is 1. The summed E-state index contributed by atoms with van der Waals surface area (Å²) in [6.45, 7) is 5.82. The molecule has 0 aromatic heterocycles. The number of likely N-dealkylation sites (N-methyl/N-ethyl adjacent to an activating group) is 1. The highest BCUT2D eigenvalue weighted by Gasteiger charge is 2.42. The molecular formula is C27H32N2O5. The van der Waals surface area contributed by atoms with Crippen LogP contribution in [0.15, 0.2) is 48.5 Å². The van der Waals surface area contributed by atoms with E-state index in [-0.39, 0.29) is 24.5 Å². The van der Waals surface area contributed by atoms with Crippen LogP contribution in [0.25, 0.3) is 11.1 Å². The van der Waals surface area contributed by atoms with Crippen molar-refractivity contribution in [3.8, 4) is 11.1 Å². The molecule has 4 rings (SSSR count). The van der Waals surface area contributed by atoms with Gasteiger partial charge in [0.15, 0.2) is 0 Å². The molecule has 34 heavy (non-hydrogen) atoms. The first-order valence-corrected chi connectivity index (χ1v) is 11.7. The molecule has 2 amide bonds. The van der Waals surface area contributed by atoms with Crippen LogP contribution in [0.2, 0.25) is 0 Å². The number of carbonyl (C=O) groups excluding carboxylic acids is 2. The summed E-state index contributed by atoms with van der Waals surface area (Å²) in [6, 6.07) is 15.3. The molecule has 2 aromatic carbocycles. The summed E-state index contributed by atoms with van der Waals surface area (Å²) >= 11 is 0. The van der Waals surface area contributed by atoms with Gasteiger partial charge in [-0.15, -0.1) is 0 Å². The number of fused-ring (bicyclic) bond motifs is 3. The number of hydrogen-bond donors (Lipinski definition) is 2. The van der Waals surface area contributed by atoms with Crippen molar-refractivity contribution >= 4 is 18.0 Å². The van der Waals surface area contributed by atoms with Crippen molar-refractivity contribution in [3.63, 3.8) is 0 Å². The standard InChI is InChI=1S/C27H32N2O5/c1-27(2,3)23(24(30)29(4)17-13-16(14-17)25(31)32)28-26(33)34-15-22-20-11-7-5-9-18(20)19-10-6-8-12-21(19)22/h5-12,16-17,22-23H,13-15H2,1-4H3,(H,28,33)(H,31,32)/t16?,17?,23-/m1/s1. The fourth-order valence-electron chi connectivity index (χ4n) is 4.90. The zero-order valence-corrected chi connectivity index (χ0v) is 20.1. The van der Waals surface area contributed by atoms with Gasteiger partial charge < -0.3 is 20.1 Å². The van der Waals surface area contributed by atoms with Gasteiger partial charge in [-0.3, -0.25) is 9.59 Å². The van der Waals surface area contributed by atoms with Crippen LogP contribution in [-0.2, 0) is 14.3 Å². The molecule has 0 saturated heterocycles. The van der Waals surface area contributed by atoms with E-state index in [0.717, 1.165) is 22.3 Å². The molecule has 7 heteroatoms. The number of benzene rings is 2. The fraction of sp³-hybridized carbons (Fsp3) is 0.444. The lowest BCUT2D eigenvalue weighted by molar-refractivity contribution is -0.151. The number of hydrogen-bond acceptors (Lipinski definition) is 4. The fourth-order valence-corrected chi connectivity index (χ4v) is 4.90. The number of alkyl carbamates (subject to hydrolysis) is 1. The third kappa shape index (κ3) is 4.52. The number of ether oxygens (including phenoxy) is 1. The SMILES string of the molecule is CN(C(=O)[C@@H](NC(=O)OCC1c2ccccc2-c2ccccc21)C(C)(C)C)C1CC(C(=O)O)C1. The molecular weight excluding hydrogens is 432 g/mol. The largest absolute Gasteiger partial charge is 0.481 e. The molecule has 0 radical (unpaired) electrons. The highest BCUT2D eigenvalue weighted by atomic mass is 16.5. The number of aliphatic carboxylic acids is 1. The summed E-state index contributed by atoms with van der Waals surface area (Å²) in [5.74, 6) is -1.55. The Kier molecular flexibility index (Phi) is 6.39. The predicted molar refractivity (Wildman–Crippen MR) is 128 cm³/mol. The Morgan fingerprint density at radius 3 is 2.06 bits per heavy atom. The maximum Gasteiger partial charge on any atom is 0.407 e. The topological polar surface area (TPSA) is 95.9 Å². The van der Waals surface area contributed by atoms with Gasteiger partial charge in [-0.1, -0.05) is 69.3 Å². The molecule has 0 unspecified atom stereocenters. The van der Waals surface area contributed by atoms with E-state index < -0.39 is 29.4 Å². The molecule has 1 fully saturated rings. The zero-order valence-electron chi connectivity index (χ0n) is 20.1. The number of rotatable bonds is 6. The third-order valence-corrected chi connectivity index (χ3v) is 7.08. The van der Waals surface area contributed by atoms with Crippen molar-refractivity contribution in [2.45, 2.75) is 51.6 Å². The van der Waals surface area contributed by atoms with Crippen molar-refractivity contribution in [2.75, 3.05) is 13.7 Å². The highest BCUT2D eigenvalue weighted by molar-refractivity contribution is 5.87. The minimum atomic E-state index is -0.832. The summed E-state index contributed by atoms with van der Waals surface area (Å²) in [5, 5.41) is 11.9. The van der Waals surface area contributed by atoms with Gasteiger partial charge in [0.2, 0.25) is 5.91 Å². The number of carbonyl (C=O) groups is 3. The summed E-state index contributed by atoms with van der Waals surface area (Å²) < 4.78 is 5.65. The van der Waals surface area contributed by atoms with Crippen molar-refractivity contribution < 1.29 is 24.2 Å². The number of nitrogens with one attached hydrogen (secondary N) is 1. The van der Waals surface area contributed by atoms with Crippen LogP contribution in [0.5, 0.6) is 0 Å². The van der Waals surface area contributed by atoms with E-state index >= 15 is 0 Å². The van der Waals surface area contributed by atoms with Crippen LogP contribution in [0, 0.1) is 11.3 Å². The van der Waals surface area contributed by atoms with Crippen molar-refractivity contribution in [2.24, 2.45) is 11.3 Å². The van der Waals surface area contributed by atoms with Gasteiger partial charge in [-0.25, -0.2) is 4.79 Å². The second kappa shape index (κ2) is 9.12. The third-order valence-electron chi connectivity index (χ3n) is 7.08. The van der Waals surface area contributed by atoms with Gasteiger partial charge in [0.1, 0.15) is 12.6 Å². The van der Waals surface area contributed by atoms with Crippen molar-refractivity contribution in [1.29, 1.82) is 0 Å².